The molecule has 2 aromatic rings. The lowest BCUT2D eigenvalue weighted by Crippen LogP contribution is -2.24. The summed E-state index contributed by atoms with van der Waals surface area (Å²) >= 11 is 7.26. The minimum absolute atomic E-state index is 0.462. The summed E-state index contributed by atoms with van der Waals surface area (Å²) < 4.78 is 0. The molecular formula is C14H12ClNO2S. The van der Waals surface area contributed by atoms with Gasteiger partial charge in [0.25, 0.3) is 5.91 Å². The molecule has 0 heterocycles. The third kappa shape index (κ3) is 3.73. The van der Waals surface area contributed by atoms with Crippen LogP contribution in [0.1, 0.15) is 10.8 Å². The molecular weight excluding hydrogens is 282 g/mol. The first-order valence-electron chi connectivity index (χ1n) is 5.62. The maximum Gasteiger partial charge on any atom is 0.261 e. The van der Waals surface area contributed by atoms with Gasteiger partial charge in [0.15, 0.2) is 0 Å². The smallest absolute Gasteiger partial charge is 0.261 e. The van der Waals surface area contributed by atoms with E-state index in [2.05, 4.69) is 0 Å². The average molecular weight is 294 g/mol. The first kappa shape index (κ1) is 13.9. The Hall–Kier alpha value is -1.49. The highest BCUT2D eigenvalue weighted by atomic mass is 35.5. The lowest BCUT2D eigenvalue weighted by molar-refractivity contribution is -0.128. The molecule has 0 bridgehead atoms. The Morgan fingerprint density at radius 2 is 1.89 bits per heavy atom. The van der Waals surface area contributed by atoms with Gasteiger partial charge in [-0.1, -0.05) is 48.0 Å². The summed E-state index contributed by atoms with van der Waals surface area (Å²) in [6, 6.07) is 16.5. The number of nitrogens with one attached hydrogen (secondary N) is 1. The van der Waals surface area contributed by atoms with Crippen LogP contribution in [0.15, 0.2) is 59.5 Å². The quantitative estimate of drug-likeness (QED) is 0.514. The maximum absolute atomic E-state index is 11.8. The van der Waals surface area contributed by atoms with Crippen molar-refractivity contribution in [2.24, 2.45) is 0 Å². The molecule has 5 heteroatoms. The molecule has 0 saturated heterocycles. The number of amides is 1. The van der Waals surface area contributed by atoms with Gasteiger partial charge in [0.05, 0.1) is 0 Å². The van der Waals surface area contributed by atoms with Crippen molar-refractivity contribution in [3.8, 4) is 0 Å². The molecule has 2 rings (SSSR count). The summed E-state index contributed by atoms with van der Waals surface area (Å²) in [5, 5.41) is 8.95. The van der Waals surface area contributed by atoms with Gasteiger partial charge >= 0.3 is 0 Å². The van der Waals surface area contributed by atoms with E-state index in [0.29, 0.717) is 5.02 Å². The van der Waals surface area contributed by atoms with Gasteiger partial charge in [-0.3, -0.25) is 10.0 Å². The summed E-state index contributed by atoms with van der Waals surface area (Å²) in [6.45, 7) is 0. The van der Waals surface area contributed by atoms with E-state index in [9.17, 15) is 4.79 Å². The van der Waals surface area contributed by atoms with Crippen molar-refractivity contribution in [2.45, 2.75) is 10.1 Å². The monoisotopic (exact) mass is 293 g/mol. The van der Waals surface area contributed by atoms with Gasteiger partial charge in [0, 0.05) is 9.92 Å². The number of hydroxylamine groups is 1. The topological polar surface area (TPSA) is 49.3 Å². The summed E-state index contributed by atoms with van der Waals surface area (Å²) in [4.78, 5) is 12.7. The lowest BCUT2D eigenvalue weighted by atomic mass is 10.1. The first-order valence-corrected chi connectivity index (χ1v) is 6.87. The highest BCUT2D eigenvalue weighted by Gasteiger charge is 2.21. The molecule has 3 nitrogen and oxygen atoms in total. The number of hydrogen-bond donors (Lipinski definition) is 2. The highest BCUT2D eigenvalue weighted by molar-refractivity contribution is 8.00. The van der Waals surface area contributed by atoms with Gasteiger partial charge in [-0.25, -0.2) is 5.48 Å². The molecule has 1 amide bonds. The van der Waals surface area contributed by atoms with E-state index in [1.54, 1.807) is 17.6 Å². The largest absolute Gasteiger partial charge is 0.289 e. The molecule has 0 aromatic heterocycles. The average Bonchev–Trinajstić information content (AvgIpc) is 2.45. The SMILES string of the molecule is O=C(NO)C(Sc1cccc(Cl)c1)c1ccccc1. The number of carbonyl (C=O) groups excluding carboxylic acids is 1. The molecule has 0 spiro atoms. The molecule has 0 saturated carbocycles. The van der Waals surface area contributed by atoms with Gasteiger partial charge in [-0.2, -0.15) is 0 Å². The summed E-state index contributed by atoms with van der Waals surface area (Å²) in [6.07, 6.45) is 0. The van der Waals surface area contributed by atoms with Crippen LogP contribution in [0.2, 0.25) is 5.02 Å². The number of hydrogen-bond acceptors (Lipinski definition) is 3. The number of rotatable bonds is 4. The molecule has 1 atom stereocenters. The Labute approximate surface area is 120 Å². The Bertz CT molecular complexity index is 562. The van der Waals surface area contributed by atoms with Crippen molar-refractivity contribution in [1.82, 2.24) is 5.48 Å². The molecule has 2 N–H and O–H groups in total. The van der Waals surface area contributed by atoms with Gasteiger partial charge in [0.1, 0.15) is 5.25 Å². The van der Waals surface area contributed by atoms with Crippen molar-refractivity contribution in [1.29, 1.82) is 0 Å². The molecule has 0 aliphatic heterocycles. The van der Waals surface area contributed by atoms with E-state index in [4.69, 9.17) is 16.8 Å². The Balaban J connectivity index is 2.27. The minimum atomic E-state index is -0.523. The third-order valence-corrected chi connectivity index (χ3v) is 3.98. The zero-order chi connectivity index (χ0) is 13.7. The maximum atomic E-state index is 11.8. The van der Waals surface area contributed by atoms with E-state index in [0.717, 1.165) is 10.5 Å². The number of benzene rings is 2. The van der Waals surface area contributed by atoms with Crippen molar-refractivity contribution < 1.29 is 10.0 Å². The molecule has 2 aromatic carbocycles. The zero-order valence-corrected chi connectivity index (χ0v) is 11.5. The van der Waals surface area contributed by atoms with Crippen LogP contribution in [0.3, 0.4) is 0 Å². The van der Waals surface area contributed by atoms with Crippen LogP contribution in [-0.4, -0.2) is 11.1 Å². The standard InChI is InChI=1S/C14H12ClNO2S/c15-11-7-4-8-12(9-11)19-13(14(17)16-18)10-5-2-1-3-6-10/h1-9,13,18H,(H,16,17). The molecule has 0 aliphatic rings. The first-order chi connectivity index (χ1) is 9.20. The molecule has 0 radical (unpaired) electrons. The van der Waals surface area contributed by atoms with Crippen LogP contribution in [0.5, 0.6) is 0 Å². The van der Waals surface area contributed by atoms with E-state index in [-0.39, 0.29) is 0 Å². The van der Waals surface area contributed by atoms with E-state index in [1.165, 1.54) is 11.8 Å². The van der Waals surface area contributed by atoms with Crippen LogP contribution in [0.4, 0.5) is 0 Å². The Morgan fingerprint density at radius 3 is 2.53 bits per heavy atom. The third-order valence-electron chi connectivity index (χ3n) is 2.50. The summed E-state index contributed by atoms with van der Waals surface area (Å²) in [7, 11) is 0. The summed E-state index contributed by atoms with van der Waals surface area (Å²) in [5.74, 6) is -0.462. The van der Waals surface area contributed by atoms with E-state index >= 15 is 0 Å². The normalized spacial score (nSPS) is 11.9. The molecule has 0 aliphatic carbocycles. The van der Waals surface area contributed by atoms with Crippen LogP contribution in [-0.2, 0) is 4.79 Å². The van der Waals surface area contributed by atoms with Crippen molar-refractivity contribution in [2.75, 3.05) is 0 Å². The Morgan fingerprint density at radius 1 is 1.16 bits per heavy atom. The van der Waals surface area contributed by atoms with Gasteiger partial charge in [-0.05, 0) is 23.8 Å². The number of thioether (sulfide) groups is 1. The molecule has 98 valence electrons. The Kier molecular flexibility index (Phi) is 4.85. The molecule has 19 heavy (non-hydrogen) atoms. The van der Waals surface area contributed by atoms with Crippen LogP contribution in [0, 0.1) is 0 Å². The van der Waals surface area contributed by atoms with Crippen molar-refractivity contribution in [3.05, 3.63) is 65.2 Å². The minimum Gasteiger partial charge on any atom is -0.289 e. The van der Waals surface area contributed by atoms with Crippen molar-refractivity contribution in [3.63, 3.8) is 0 Å². The van der Waals surface area contributed by atoms with Crippen LogP contribution < -0.4 is 5.48 Å². The van der Waals surface area contributed by atoms with Crippen LogP contribution >= 0.6 is 23.4 Å². The predicted molar refractivity (Wildman–Crippen MR) is 76.4 cm³/mol. The lowest BCUT2D eigenvalue weighted by Gasteiger charge is -2.15. The molecule has 1 unspecified atom stereocenters. The fourth-order valence-corrected chi connectivity index (χ4v) is 2.97. The van der Waals surface area contributed by atoms with Gasteiger partial charge in [0.2, 0.25) is 0 Å². The van der Waals surface area contributed by atoms with Crippen LogP contribution in [0.25, 0.3) is 0 Å². The second-order valence-corrected chi connectivity index (χ2v) is 5.46. The van der Waals surface area contributed by atoms with Gasteiger partial charge in [-0.15, -0.1) is 11.8 Å². The highest BCUT2D eigenvalue weighted by Crippen LogP contribution is 2.36. The second kappa shape index (κ2) is 6.61. The van der Waals surface area contributed by atoms with E-state index < -0.39 is 11.2 Å². The zero-order valence-electron chi connectivity index (χ0n) is 9.92. The van der Waals surface area contributed by atoms with Crippen molar-refractivity contribution >= 4 is 29.3 Å². The fraction of sp³-hybridized carbons (Fsp3) is 0.0714. The molecule has 0 fully saturated rings. The fourth-order valence-electron chi connectivity index (χ4n) is 1.64. The number of carbonyl (C=O) groups is 1. The van der Waals surface area contributed by atoms with E-state index in [1.807, 2.05) is 42.5 Å². The second-order valence-electron chi connectivity index (χ2n) is 3.84. The van der Waals surface area contributed by atoms with Gasteiger partial charge < -0.3 is 0 Å². The summed E-state index contributed by atoms with van der Waals surface area (Å²) in [5.41, 5.74) is 2.52. The predicted octanol–water partition coefficient (Wildman–Crippen LogP) is 3.68. The number of halogens is 1.